The second-order valence-electron chi connectivity index (χ2n) is 7.68. The molecule has 0 aliphatic heterocycles. The normalized spacial score (nSPS) is 18.9. The molecule has 7 nitrogen and oxygen atoms in total. The van der Waals surface area contributed by atoms with Gasteiger partial charge in [-0.15, -0.1) is 0 Å². The Hall–Kier alpha value is -2.28. The van der Waals surface area contributed by atoms with Gasteiger partial charge in [-0.1, -0.05) is 19.8 Å². The summed E-state index contributed by atoms with van der Waals surface area (Å²) >= 11 is 0. The van der Waals surface area contributed by atoms with Gasteiger partial charge in [0.1, 0.15) is 0 Å². The lowest BCUT2D eigenvalue weighted by Crippen LogP contribution is -2.46. The summed E-state index contributed by atoms with van der Waals surface area (Å²) in [6.07, 6.45) is 4.61. The number of amides is 2. The Kier molecular flexibility index (Phi) is 9.25. The lowest BCUT2D eigenvalue weighted by Gasteiger charge is -2.30. The number of ether oxygens (including phenoxy) is 2. The molecule has 0 radical (unpaired) electrons. The average molecular weight is 406 g/mol. The van der Waals surface area contributed by atoms with Gasteiger partial charge >= 0.3 is 0 Å². The molecule has 162 valence electrons. The fourth-order valence-corrected chi connectivity index (χ4v) is 3.66. The van der Waals surface area contributed by atoms with Gasteiger partial charge in [-0.3, -0.25) is 14.5 Å². The summed E-state index contributed by atoms with van der Waals surface area (Å²) in [5, 5.41) is 5.97. The second-order valence-corrected chi connectivity index (χ2v) is 7.68. The summed E-state index contributed by atoms with van der Waals surface area (Å²) in [6, 6.07) is 5.57. The van der Waals surface area contributed by atoms with Crippen LogP contribution in [0.2, 0.25) is 0 Å². The van der Waals surface area contributed by atoms with E-state index in [1.807, 2.05) is 13.8 Å². The fourth-order valence-electron chi connectivity index (χ4n) is 3.66. The topological polar surface area (TPSA) is 79.9 Å². The van der Waals surface area contributed by atoms with Crippen LogP contribution >= 0.6 is 0 Å². The zero-order chi connectivity index (χ0) is 21.2. The van der Waals surface area contributed by atoms with E-state index in [-0.39, 0.29) is 30.9 Å². The van der Waals surface area contributed by atoms with Crippen LogP contribution in [0.5, 0.6) is 11.5 Å². The summed E-state index contributed by atoms with van der Waals surface area (Å²) in [5.41, 5.74) is 0.635. The molecule has 0 heterocycles. The Balaban J connectivity index is 1.83. The van der Waals surface area contributed by atoms with Crippen molar-refractivity contribution < 1.29 is 19.1 Å². The molecule has 0 spiro atoms. The van der Waals surface area contributed by atoms with Crippen molar-refractivity contribution in [1.82, 2.24) is 10.2 Å². The van der Waals surface area contributed by atoms with Crippen molar-refractivity contribution in [2.45, 2.75) is 52.5 Å². The summed E-state index contributed by atoms with van der Waals surface area (Å²) in [5.74, 6) is 1.55. The van der Waals surface area contributed by atoms with Gasteiger partial charge in [-0.2, -0.15) is 0 Å². The molecule has 2 N–H and O–H groups in total. The highest BCUT2D eigenvalue weighted by Crippen LogP contribution is 2.30. The summed E-state index contributed by atoms with van der Waals surface area (Å²) in [6.45, 7) is 7.37. The van der Waals surface area contributed by atoms with E-state index in [0.29, 0.717) is 36.3 Å². The van der Waals surface area contributed by atoms with Crippen molar-refractivity contribution in [1.29, 1.82) is 0 Å². The van der Waals surface area contributed by atoms with Gasteiger partial charge in [-0.25, -0.2) is 0 Å². The van der Waals surface area contributed by atoms with Gasteiger partial charge in [0.05, 0.1) is 26.3 Å². The highest BCUT2D eigenvalue weighted by Gasteiger charge is 2.23. The molecule has 29 heavy (non-hydrogen) atoms. The van der Waals surface area contributed by atoms with Crippen LogP contribution in [0.3, 0.4) is 0 Å². The molecular formula is C22H35N3O4. The van der Waals surface area contributed by atoms with Crippen LogP contribution in [0.1, 0.15) is 46.5 Å². The molecule has 1 aliphatic rings. The van der Waals surface area contributed by atoms with Crippen LogP contribution in [-0.4, -0.2) is 56.1 Å². The van der Waals surface area contributed by atoms with Gasteiger partial charge in [0.25, 0.3) is 0 Å². The number of carbonyl (C=O) groups is 2. The molecule has 1 fully saturated rings. The molecule has 2 amide bonds. The molecule has 7 heteroatoms. The van der Waals surface area contributed by atoms with Crippen molar-refractivity contribution in [3.63, 3.8) is 0 Å². The van der Waals surface area contributed by atoms with Gasteiger partial charge in [-0.05, 0) is 51.8 Å². The minimum Gasteiger partial charge on any atom is -0.490 e. The van der Waals surface area contributed by atoms with Crippen LogP contribution in [0.4, 0.5) is 5.69 Å². The lowest BCUT2D eigenvalue weighted by molar-refractivity contribution is -0.124. The van der Waals surface area contributed by atoms with E-state index in [9.17, 15) is 9.59 Å². The van der Waals surface area contributed by atoms with E-state index in [2.05, 4.69) is 17.6 Å². The van der Waals surface area contributed by atoms with Crippen molar-refractivity contribution in [2.24, 2.45) is 5.92 Å². The maximum atomic E-state index is 12.4. The molecular weight excluding hydrogens is 370 g/mol. The Labute approximate surface area is 174 Å². The van der Waals surface area contributed by atoms with Gasteiger partial charge in [0.15, 0.2) is 11.5 Å². The first-order valence-corrected chi connectivity index (χ1v) is 10.6. The van der Waals surface area contributed by atoms with Crippen molar-refractivity contribution in [3.05, 3.63) is 18.2 Å². The van der Waals surface area contributed by atoms with Crippen molar-refractivity contribution in [2.75, 3.05) is 38.7 Å². The predicted molar refractivity (Wildman–Crippen MR) is 114 cm³/mol. The highest BCUT2D eigenvalue weighted by atomic mass is 16.5. The van der Waals surface area contributed by atoms with Crippen LogP contribution < -0.4 is 20.1 Å². The first-order chi connectivity index (χ1) is 13.9. The highest BCUT2D eigenvalue weighted by molar-refractivity contribution is 5.93. The monoisotopic (exact) mass is 405 g/mol. The van der Waals surface area contributed by atoms with E-state index in [1.54, 1.807) is 30.1 Å². The molecule has 0 saturated heterocycles. The van der Waals surface area contributed by atoms with E-state index in [0.717, 1.165) is 12.8 Å². The number of rotatable bonds is 10. The third kappa shape index (κ3) is 7.57. The van der Waals surface area contributed by atoms with E-state index in [4.69, 9.17) is 9.47 Å². The average Bonchev–Trinajstić information content (AvgIpc) is 2.65. The van der Waals surface area contributed by atoms with Crippen LogP contribution in [0, 0.1) is 5.92 Å². The number of likely N-dealkylation sites (N-methyl/N-ethyl adjacent to an activating group) is 1. The molecule has 1 aromatic carbocycles. The molecule has 2 rings (SSSR count). The summed E-state index contributed by atoms with van der Waals surface area (Å²) in [4.78, 5) is 26.4. The number of nitrogens with one attached hydrogen (secondary N) is 2. The molecule has 1 aliphatic carbocycles. The summed E-state index contributed by atoms with van der Waals surface area (Å²) in [7, 11) is 1.77. The van der Waals surface area contributed by atoms with Crippen molar-refractivity contribution in [3.8, 4) is 11.5 Å². The number of hydrogen-bond acceptors (Lipinski definition) is 5. The minimum atomic E-state index is -0.182. The first kappa shape index (κ1) is 23.0. The van der Waals surface area contributed by atoms with Crippen molar-refractivity contribution >= 4 is 17.5 Å². The largest absolute Gasteiger partial charge is 0.490 e. The SMILES string of the molecule is CCOc1ccc(NC(=O)CN(C)CC(=O)N[C@H]2CCCC[C@H]2C)cc1OCC. The first-order valence-electron chi connectivity index (χ1n) is 10.6. The smallest absolute Gasteiger partial charge is 0.238 e. The van der Waals surface area contributed by atoms with Crippen LogP contribution in [0.25, 0.3) is 0 Å². The Bertz CT molecular complexity index is 680. The molecule has 1 saturated carbocycles. The third-order valence-electron chi connectivity index (χ3n) is 5.11. The predicted octanol–water partition coefficient (Wildman–Crippen LogP) is 3.05. The van der Waals surface area contributed by atoms with Crippen LogP contribution in [-0.2, 0) is 9.59 Å². The van der Waals surface area contributed by atoms with Gasteiger partial charge in [0, 0.05) is 17.8 Å². The molecule has 0 bridgehead atoms. The van der Waals surface area contributed by atoms with E-state index >= 15 is 0 Å². The standard InChI is InChI=1S/C22H35N3O4/c1-5-28-19-12-11-17(13-20(19)29-6-2)23-21(26)14-25(4)15-22(27)24-18-10-8-7-9-16(18)3/h11-13,16,18H,5-10,14-15H2,1-4H3,(H,23,26)(H,24,27)/t16-,18+/m1/s1. The fraction of sp³-hybridized carbons (Fsp3) is 0.636. The molecule has 0 unspecified atom stereocenters. The second kappa shape index (κ2) is 11.7. The number of benzene rings is 1. The van der Waals surface area contributed by atoms with E-state index < -0.39 is 0 Å². The quantitative estimate of drug-likeness (QED) is 0.625. The molecule has 2 atom stereocenters. The van der Waals surface area contributed by atoms with E-state index in [1.165, 1.54) is 12.8 Å². The zero-order valence-corrected chi connectivity index (χ0v) is 18.1. The number of hydrogen-bond donors (Lipinski definition) is 2. The van der Waals surface area contributed by atoms with Gasteiger partial charge in [0.2, 0.25) is 11.8 Å². The zero-order valence-electron chi connectivity index (χ0n) is 18.1. The molecule has 1 aromatic rings. The lowest BCUT2D eigenvalue weighted by atomic mass is 9.86. The Morgan fingerprint density at radius 1 is 1.03 bits per heavy atom. The van der Waals surface area contributed by atoms with Crippen LogP contribution in [0.15, 0.2) is 18.2 Å². The number of carbonyl (C=O) groups excluding carboxylic acids is 2. The maximum Gasteiger partial charge on any atom is 0.238 e. The molecule has 0 aromatic heterocycles. The Morgan fingerprint density at radius 2 is 1.69 bits per heavy atom. The third-order valence-corrected chi connectivity index (χ3v) is 5.11. The maximum absolute atomic E-state index is 12.4. The number of anilines is 1. The summed E-state index contributed by atoms with van der Waals surface area (Å²) < 4.78 is 11.1. The number of nitrogens with zero attached hydrogens (tertiary/aromatic N) is 1. The Morgan fingerprint density at radius 3 is 2.38 bits per heavy atom. The minimum absolute atomic E-state index is 0.0289. The van der Waals surface area contributed by atoms with Gasteiger partial charge < -0.3 is 20.1 Å².